The number of primary amides is 1. The fraction of sp³-hybridized carbons (Fsp3) is 0.467. The maximum absolute atomic E-state index is 10.8. The summed E-state index contributed by atoms with van der Waals surface area (Å²) in [6.45, 7) is 22.3. The van der Waals surface area contributed by atoms with Gasteiger partial charge in [0.15, 0.2) is 0 Å². The van der Waals surface area contributed by atoms with Crippen molar-refractivity contribution in [3.8, 4) is 28.7 Å². The molecule has 292 valence electrons. The van der Waals surface area contributed by atoms with Crippen LogP contribution in [0.25, 0.3) is 22.9 Å². The van der Waals surface area contributed by atoms with Gasteiger partial charge in [0.05, 0.1) is 13.7 Å². The molecular formula is C45H67N3O5. The molecule has 2 N–H and O–H groups in total. The number of carbonyl (C=O) groups is 2. The second-order valence-electron chi connectivity index (χ2n) is 13.2. The van der Waals surface area contributed by atoms with Crippen LogP contribution in [-0.4, -0.2) is 36.3 Å². The summed E-state index contributed by atoms with van der Waals surface area (Å²) in [7, 11) is 1.31. The smallest absolute Gasteiger partial charge is 0.292 e. The molecule has 0 spiro atoms. The zero-order valence-electron chi connectivity index (χ0n) is 34.5. The number of allylic oxidation sites excluding steroid dienone is 2. The van der Waals surface area contributed by atoms with E-state index < -0.39 is 0 Å². The highest BCUT2D eigenvalue weighted by molar-refractivity contribution is 5.92. The van der Waals surface area contributed by atoms with E-state index in [1.54, 1.807) is 12.1 Å². The third-order valence-electron chi connectivity index (χ3n) is 7.96. The Labute approximate surface area is 320 Å². The molecule has 0 fully saturated rings. The highest BCUT2D eigenvalue weighted by Gasteiger charge is 2.13. The van der Waals surface area contributed by atoms with Crippen LogP contribution >= 0.6 is 0 Å². The fourth-order valence-electron chi connectivity index (χ4n) is 4.49. The van der Waals surface area contributed by atoms with E-state index in [2.05, 4.69) is 88.5 Å². The Morgan fingerprint density at radius 2 is 1.30 bits per heavy atom. The number of aryl methyl sites for hydroxylation is 1. The van der Waals surface area contributed by atoms with Crippen molar-refractivity contribution in [1.82, 2.24) is 10.2 Å². The van der Waals surface area contributed by atoms with E-state index in [0.29, 0.717) is 23.8 Å². The van der Waals surface area contributed by atoms with Gasteiger partial charge in [-0.3, -0.25) is 9.59 Å². The number of aromatic nitrogens is 2. The predicted molar refractivity (Wildman–Crippen MR) is 221 cm³/mol. The van der Waals surface area contributed by atoms with Crippen LogP contribution in [-0.2, 0) is 21.4 Å². The van der Waals surface area contributed by atoms with Crippen molar-refractivity contribution >= 4 is 12.4 Å². The van der Waals surface area contributed by atoms with Gasteiger partial charge in [0.2, 0.25) is 17.7 Å². The van der Waals surface area contributed by atoms with Gasteiger partial charge < -0.3 is 19.6 Å². The standard InChI is InChI=1S/C24H30N2O2.C11H15NO.C6H12.C2H4O2.C2H6/c1-3-5-6-7-8-18-27-22-16-14-21(15-17-22)24-26-25-23(28-24)20-12-10-19(9-4-2)11-13-20;1-11(2,3)9-6-4-8(5-7-9)10(12)13;1-4-6(3)5-2;1-4-2-3;1-2/h10-17H,3-9,18H2,1-2H3;4-7H,1-3H3,(H2,12,13);4H,5H2,1-3H3;2H,1H3;1-2H3/b;;6-4+;;. The minimum Gasteiger partial charge on any atom is -0.494 e. The molecule has 0 saturated heterocycles. The van der Waals surface area contributed by atoms with Gasteiger partial charge in [0.25, 0.3) is 6.47 Å². The molecule has 0 aliphatic rings. The summed E-state index contributed by atoms with van der Waals surface area (Å²) in [6, 6.07) is 23.6. The molecule has 0 bridgehead atoms. The minimum atomic E-state index is -0.375. The van der Waals surface area contributed by atoms with Crippen LogP contribution in [0.3, 0.4) is 0 Å². The Hall–Kier alpha value is -4.72. The number of rotatable bonds is 14. The van der Waals surface area contributed by atoms with E-state index in [0.717, 1.165) is 42.7 Å². The normalized spacial score (nSPS) is 10.4. The first-order valence-corrected chi connectivity index (χ1v) is 19.1. The third kappa shape index (κ3) is 20.8. The lowest BCUT2D eigenvalue weighted by Gasteiger charge is -2.18. The lowest BCUT2D eigenvalue weighted by atomic mass is 9.87. The average molecular weight is 730 g/mol. The summed E-state index contributed by atoms with van der Waals surface area (Å²) in [4.78, 5) is 19.7. The van der Waals surface area contributed by atoms with Gasteiger partial charge in [-0.15, -0.1) is 10.2 Å². The van der Waals surface area contributed by atoms with Crippen molar-refractivity contribution in [2.75, 3.05) is 13.7 Å². The summed E-state index contributed by atoms with van der Waals surface area (Å²) in [5.41, 5.74) is 11.7. The van der Waals surface area contributed by atoms with Crippen molar-refractivity contribution in [2.24, 2.45) is 5.73 Å². The van der Waals surface area contributed by atoms with E-state index in [-0.39, 0.29) is 11.3 Å². The van der Waals surface area contributed by atoms with Gasteiger partial charge in [0.1, 0.15) is 5.75 Å². The number of amides is 1. The molecule has 1 amide bonds. The first-order chi connectivity index (χ1) is 25.4. The summed E-state index contributed by atoms with van der Waals surface area (Å²) < 4.78 is 15.5. The van der Waals surface area contributed by atoms with Gasteiger partial charge in [-0.1, -0.05) is 123 Å². The second-order valence-corrected chi connectivity index (χ2v) is 13.2. The minimum absolute atomic E-state index is 0.121. The van der Waals surface area contributed by atoms with Crippen LogP contribution in [0.4, 0.5) is 0 Å². The molecule has 8 heteroatoms. The number of benzene rings is 3. The number of nitrogens with zero attached hydrogens (tertiary/aromatic N) is 2. The number of carbonyl (C=O) groups excluding carboxylic acids is 2. The molecule has 4 rings (SSSR count). The van der Waals surface area contributed by atoms with E-state index in [1.807, 2.05) is 62.4 Å². The van der Waals surface area contributed by atoms with Crippen LogP contribution in [0, 0.1) is 0 Å². The zero-order chi connectivity index (χ0) is 40.1. The molecular weight excluding hydrogens is 663 g/mol. The van der Waals surface area contributed by atoms with Crippen LogP contribution in [0.2, 0.25) is 0 Å². The molecule has 53 heavy (non-hydrogen) atoms. The van der Waals surface area contributed by atoms with Crippen LogP contribution in [0.15, 0.2) is 88.9 Å². The molecule has 1 heterocycles. The van der Waals surface area contributed by atoms with Crippen molar-refractivity contribution in [3.05, 3.63) is 101 Å². The Morgan fingerprint density at radius 3 is 1.70 bits per heavy atom. The topological polar surface area (TPSA) is 118 Å². The van der Waals surface area contributed by atoms with Gasteiger partial charge in [0, 0.05) is 16.7 Å². The molecule has 1 aromatic heterocycles. The molecule has 0 aliphatic heterocycles. The van der Waals surface area contributed by atoms with E-state index >= 15 is 0 Å². The molecule has 8 nitrogen and oxygen atoms in total. The van der Waals surface area contributed by atoms with Gasteiger partial charge in [-0.2, -0.15) is 0 Å². The van der Waals surface area contributed by atoms with E-state index in [1.165, 1.54) is 55.9 Å². The summed E-state index contributed by atoms with van der Waals surface area (Å²) in [6.07, 6.45) is 11.8. The van der Waals surface area contributed by atoms with E-state index in [9.17, 15) is 4.79 Å². The van der Waals surface area contributed by atoms with Gasteiger partial charge in [-0.05, 0) is 98.2 Å². The number of unbranched alkanes of at least 4 members (excludes halogenated alkanes) is 4. The zero-order valence-corrected chi connectivity index (χ0v) is 34.5. The quantitative estimate of drug-likeness (QED) is 0.0779. The lowest BCUT2D eigenvalue weighted by Crippen LogP contribution is -2.13. The van der Waals surface area contributed by atoms with Crippen LogP contribution in [0.1, 0.15) is 136 Å². The van der Waals surface area contributed by atoms with Crippen molar-refractivity contribution in [3.63, 3.8) is 0 Å². The number of hydrogen-bond acceptors (Lipinski definition) is 7. The van der Waals surface area contributed by atoms with E-state index in [4.69, 9.17) is 19.7 Å². The van der Waals surface area contributed by atoms with Gasteiger partial charge >= 0.3 is 0 Å². The predicted octanol–water partition coefficient (Wildman–Crippen LogP) is 12.0. The summed E-state index contributed by atoms with van der Waals surface area (Å²) in [5.74, 6) is 1.58. The first kappa shape index (κ1) is 48.3. The maximum Gasteiger partial charge on any atom is 0.292 e. The highest BCUT2D eigenvalue weighted by Crippen LogP contribution is 2.26. The number of ether oxygens (including phenoxy) is 2. The molecule has 3 aromatic carbocycles. The molecule has 0 saturated carbocycles. The SMILES string of the molecule is C/C=C(\C)CC.CC.CC(C)(C)c1ccc(C(N)=O)cc1.CCCCCCCOc1ccc(-c2nnc(-c3ccc(CCC)cc3)o2)cc1.COC=O. The van der Waals surface area contributed by atoms with Crippen LogP contribution in [0.5, 0.6) is 5.75 Å². The Balaban J connectivity index is 0.000000890. The Morgan fingerprint density at radius 1 is 0.792 bits per heavy atom. The lowest BCUT2D eigenvalue weighted by molar-refractivity contribution is -0.126. The molecule has 0 unspecified atom stereocenters. The summed E-state index contributed by atoms with van der Waals surface area (Å²) >= 11 is 0. The second kappa shape index (κ2) is 28.8. The van der Waals surface area contributed by atoms with Crippen molar-refractivity contribution < 1.29 is 23.5 Å². The Bertz CT molecular complexity index is 1530. The number of methoxy groups -OCH3 is 1. The van der Waals surface area contributed by atoms with Gasteiger partial charge in [-0.25, -0.2) is 0 Å². The molecule has 0 radical (unpaired) electrons. The third-order valence-corrected chi connectivity index (χ3v) is 7.96. The molecule has 0 aliphatic carbocycles. The molecule has 4 aromatic rings. The average Bonchev–Trinajstić information content (AvgIpc) is 3.68. The van der Waals surface area contributed by atoms with Crippen molar-refractivity contribution in [1.29, 1.82) is 0 Å². The first-order valence-electron chi connectivity index (χ1n) is 19.1. The Kier molecular flexibility index (Phi) is 26.3. The fourth-order valence-corrected chi connectivity index (χ4v) is 4.49. The summed E-state index contributed by atoms with van der Waals surface area (Å²) in [5, 5.41) is 8.40. The largest absolute Gasteiger partial charge is 0.494 e. The van der Waals surface area contributed by atoms with Crippen molar-refractivity contribution in [2.45, 2.75) is 126 Å². The molecule has 0 atom stereocenters. The van der Waals surface area contributed by atoms with Crippen LogP contribution < -0.4 is 10.5 Å². The number of nitrogens with two attached hydrogens (primary N) is 1. The maximum atomic E-state index is 10.8. The highest BCUT2D eigenvalue weighted by atomic mass is 16.5. The number of hydrogen-bond donors (Lipinski definition) is 1. The monoisotopic (exact) mass is 730 g/mol.